The Balaban J connectivity index is 1.83. The lowest BCUT2D eigenvalue weighted by molar-refractivity contribution is -0.128. The van der Waals surface area contributed by atoms with E-state index in [9.17, 15) is 18.0 Å². The van der Waals surface area contributed by atoms with E-state index >= 15 is 0 Å². The Kier molecular flexibility index (Phi) is 4.06. The lowest BCUT2D eigenvalue weighted by Gasteiger charge is -2.17. The molecule has 1 fully saturated rings. The number of benzene rings is 1. The van der Waals surface area contributed by atoms with Gasteiger partial charge in [-0.3, -0.25) is 4.79 Å². The van der Waals surface area contributed by atoms with Crippen molar-refractivity contribution in [3.63, 3.8) is 0 Å². The van der Waals surface area contributed by atoms with Crippen molar-refractivity contribution in [3.8, 4) is 0 Å². The van der Waals surface area contributed by atoms with Gasteiger partial charge in [0.25, 0.3) is 0 Å². The molecule has 0 bridgehead atoms. The summed E-state index contributed by atoms with van der Waals surface area (Å²) >= 11 is 5.96. The molecule has 1 aromatic carbocycles. The molecule has 1 unspecified atom stereocenters. The summed E-state index contributed by atoms with van der Waals surface area (Å²) in [6.07, 6.45) is 1.52. The molecule has 2 heterocycles. The molecule has 1 aliphatic heterocycles. The Bertz CT molecular complexity index is 758. The van der Waals surface area contributed by atoms with E-state index in [4.69, 9.17) is 11.6 Å². The summed E-state index contributed by atoms with van der Waals surface area (Å²) in [7, 11) is 1.74. The van der Waals surface area contributed by atoms with Crippen LogP contribution in [0.15, 0.2) is 18.5 Å². The number of carbonyl (C=O) groups excluding carboxylic acids is 1. The first kappa shape index (κ1) is 15.9. The molecule has 3 rings (SSSR count). The second kappa shape index (κ2) is 5.88. The van der Waals surface area contributed by atoms with Crippen LogP contribution in [0.4, 0.5) is 13.2 Å². The maximum Gasteiger partial charge on any atom is 0.223 e. The molecule has 0 saturated carbocycles. The first-order chi connectivity index (χ1) is 10.9. The van der Waals surface area contributed by atoms with Crippen LogP contribution in [-0.2, 0) is 18.4 Å². The predicted molar refractivity (Wildman–Crippen MR) is 77.3 cm³/mol. The van der Waals surface area contributed by atoms with Gasteiger partial charge in [-0.1, -0.05) is 11.6 Å². The summed E-state index contributed by atoms with van der Waals surface area (Å²) in [4.78, 5) is 17.5. The number of rotatable bonds is 3. The number of aryl methyl sites for hydroxylation is 1. The summed E-state index contributed by atoms with van der Waals surface area (Å²) in [6.45, 7) is 0.379. The van der Waals surface area contributed by atoms with Crippen LogP contribution in [-0.4, -0.2) is 26.9 Å². The van der Waals surface area contributed by atoms with Crippen LogP contribution in [0, 0.1) is 17.5 Å². The largest absolute Gasteiger partial charge is 0.336 e. The number of nitrogens with zero attached hydrogens (tertiary/aromatic N) is 3. The number of aromatic nitrogens is 2. The number of carbonyl (C=O) groups is 1. The van der Waals surface area contributed by atoms with E-state index in [1.807, 2.05) is 0 Å². The van der Waals surface area contributed by atoms with E-state index in [-0.39, 0.29) is 36.1 Å². The number of halogens is 4. The molecular weight excluding hydrogens is 331 g/mol. The minimum Gasteiger partial charge on any atom is -0.336 e. The molecule has 1 saturated heterocycles. The van der Waals surface area contributed by atoms with Gasteiger partial charge in [-0.25, -0.2) is 18.2 Å². The van der Waals surface area contributed by atoms with E-state index in [0.29, 0.717) is 11.8 Å². The maximum absolute atomic E-state index is 13.9. The molecule has 1 aromatic heterocycles. The molecule has 1 amide bonds. The molecule has 8 heteroatoms. The van der Waals surface area contributed by atoms with Crippen molar-refractivity contribution in [1.29, 1.82) is 0 Å². The molecule has 0 N–H and O–H groups in total. The molecule has 0 radical (unpaired) electrons. The fourth-order valence-corrected chi connectivity index (χ4v) is 3.03. The lowest BCUT2D eigenvalue weighted by atomic mass is 9.97. The van der Waals surface area contributed by atoms with Crippen molar-refractivity contribution in [1.82, 2.24) is 14.5 Å². The van der Waals surface area contributed by atoms with Crippen LogP contribution in [0.1, 0.15) is 23.6 Å². The number of likely N-dealkylation sites (tertiary alicyclic amines) is 1. The van der Waals surface area contributed by atoms with Crippen LogP contribution in [0.3, 0.4) is 0 Å². The van der Waals surface area contributed by atoms with Gasteiger partial charge in [0.05, 0.1) is 18.6 Å². The zero-order chi connectivity index (χ0) is 16.7. The highest BCUT2D eigenvalue weighted by Crippen LogP contribution is 2.32. The van der Waals surface area contributed by atoms with Gasteiger partial charge in [0.15, 0.2) is 16.8 Å². The molecule has 2 aromatic rings. The summed E-state index contributed by atoms with van der Waals surface area (Å²) in [6, 6.07) is 1.43. The monoisotopic (exact) mass is 343 g/mol. The van der Waals surface area contributed by atoms with E-state index < -0.39 is 23.4 Å². The van der Waals surface area contributed by atoms with Crippen molar-refractivity contribution < 1.29 is 18.0 Å². The van der Waals surface area contributed by atoms with Gasteiger partial charge in [-0.15, -0.1) is 0 Å². The van der Waals surface area contributed by atoms with Crippen molar-refractivity contribution >= 4 is 17.5 Å². The Labute approximate surface area is 135 Å². The van der Waals surface area contributed by atoms with Crippen LogP contribution < -0.4 is 0 Å². The van der Waals surface area contributed by atoms with Gasteiger partial charge in [-0.2, -0.15) is 0 Å². The van der Waals surface area contributed by atoms with Gasteiger partial charge in [-0.05, 0) is 11.6 Å². The number of amides is 1. The average molecular weight is 344 g/mol. The summed E-state index contributed by atoms with van der Waals surface area (Å²) < 4.78 is 42.3. The van der Waals surface area contributed by atoms with Crippen LogP contribution >= 0.6 is 11.6 Å². The molecule has 23 heavy (non-hydrogen) atoms. The van der Waals surface area contributed by atoms with Gasteiger partial charge < -0.3 is 9.47 Å². The highest BCUT2D eigenvalue weighted by molar-refractivity contribution is 6.30. The number of hydrogen-bond donors (Lipinski definition) is 0. The molecular formula is C15H13ClF3N3O. The second-order valence-electron chi connectivity index (χ2n) is 5.56. The van der Waals surface area contributed by atoms with Gasteiger partial charge in [0, 0.05) is 32.0 Å². The Hall–Kier alpha value is -2.02. The van der Waals surface area contributed by atoms with E-state index in [1.165, 1.54) is 11.2 Å². The Morgan fingerprint density at radius 3 is 2.74 bits per heavy atom. The fraction of sp³-hybridized carbons (Fsp3) is 0.333. The molecule has 1 atom stereocenters. The zero-order valence-electron chi connectivity index (χ0n) is 12.2. The molecule has 1 aliphatic rings. The summed E-state index contributed by atoms with van der Waals surface area (Å²) in [5.41, 5.74) is 0.529. The minimum atomic E-state index is -1.25. The highest BCUT2D eigenvalue weighted by atomic mass is 35.5. The minimum absolute atomic E-state index is 0.00468. The first-order valence-electron chi connectivity index (χ1n) is 6.94. The molecule has 0 spiro atoms. The van der Waals surface area contributed by atoms with Gasteiger partial charge >= 0.3 is 0 Å². The molecule has 4 nitrogen and oxygen atoms in total. The standard InChI is InChI=1S/C15H13ClF3N3O/c1-21-7-20-15(16)12(21)6-22-5-8(2-13(22)23)10-3-9(17)4-11(18)14(10)19/h3-4,7-8H,2,5-6H2,1H3. The van der Waals surface area contributed by atoms with Gasteiger partial charge in [0.1, 0.15) is 5.82 Å². The van der Waals surface area contributed by atoms with E-state index in [1.54, 1.807) is 11.6 Å². The fourth-order valence-electron chi connectivity index (χ4n) is 2.79. The first-order valence-corrected chi connectivity index (χ1v) is 7.32. The zero-order valence-corrected chi connectivity index (χ0v) is 12.9. The van der Waals surface area contributed by atoms with E-state index in [2.05, 4.69) is 4.98 Å². The normalized spacial score (nSPS) is 18.0. The molecule has 122 valence electrons. The lowest BCUT2D eigenvalue weighted by Crippen LogP contribution is -2.25. The van der Waals surface area contributed by atoms with Crippen molar-refractivity contribution in [2.45, 2.75) is 18.9 Å². The smallest absolute Gasteiger partial charge is 0.223 e. The Morgan fingerprint density at radius 1 is 1.35 bits per heavy atom. The third-order valence-corrected chi connectivity index (χ3v) is 4.34. The average Bonchev–Trinajstić information content (AvgIpc) is 3.00. The van der Waals surface area contributed by atoms with Crippen molar-refractivity contribution in [2.75, 3.05) is 6.54 Å². The summed E-state index contributed by atoms with van der Waals surface area (Å²) in [5.74, 6) is -4.04. The Morgan fingerprint density at radius 2 is 2.09 bits per heavy atom. The molecule has 0 aliphatic carbocycles. The maximum atomic E-state index is 13.9. The van der Waals surface area contributed by atoms with Crippen molar-refractivity contribution in [2.24, 2.45) is 7.05 Å². The number of imidazole rings is 1. The third-order valence-electron chi connectivity index (χ3n) is 4.02. The van der Waals surface area contributed by atoms with Crippen molar-refractivity contribution in [3.05, 3.63) is 52.3 Å². The van der Waals surface area contributed by atoms with Gasteiger partial charge in [0.2, 0.25) is 5.91 Å². The SMILES string of the molecule is Cn1cnc(Cl)c1CN1CC(c2cc(F)cc(F)c2F)CC1=O. The van der Waals surface area contributed by atoms with Crippen LogP contribution in [0.2, 0.25) is 5.15 Å². The van der Waals surface area contributed by atoms with Crippen LogP contribution in [0.5, 0.6) is 0 Å². The third kappa shape index (κ3) is 2.93. The van der Waals surface area contributed by atoms with Crippen LogP contribution in [0.25, 0.3) is 0 Å². The summed E-state index contributed by atoms with van der Waals surface area (Å²) in [5, 5.41) is 0.284. The predicted octanol–water partition coefficient (Wildman–Crippen LogP) is 3.01. The highest BCUT2D eigenvalue weighted by Gasteiger charge is 2.34. The quantitative estimate of drug-likeness (QED) is 0.804. The topological polar surface area (TPSA) is 38.1 Å². The number of hydrogen-bond acceptors (Lipinski definition) is 2. The van der Waals surface area contributed by atoms with E-state index in [0.717, 1.165) is 6.07 Å². The second-order valence-corrected chi connectivity index (χ2v) is 5.92.